The number of nitrogens with zero attached hydrogens (tertiary/aromatic N) is 1. The maximum Gasteiger partial charge on any atom is 0.317 e. The second kappa shape index (κ2) is 6.97. The van der Waals surface area contributed by atoms with Crippen molar-refractivity contribution in [3.05, 3.63) is 22.7 Å². The van der Waals surface area contributed by atoms with E-state index in [-0.39, 0.29) is 29.5 Å². The molecule has 0 saturated heterocycles. The average Bonchev–Trinajstić information content (AvgIpc) is 2.30. The molecule has 0 radical (unpaired) electrons. The van der Waals surface area contributed by atoms with Crippen LogP contribution in [0, 0.1) is 0 Å². The summed E-state index contributed by atoms with van der Waals surface area (Å²) in [6.45, 7) is -0.773. The zero-order valence-electron chi connectivity index (χ0n) is 10.4. The number of aliphatic carboxylic acids is 2. The van der Waals surface area contributed by atoms with Gasteiger partial charge in [0.1, 0.15) is 0 Å². The van der Waals surface area contributed by atoms with Gasteiger partial charge in [-0.3, -0.25) is 14.5 Å². The van der Waals surface area contributed by atoms with Gasteiger partial charge in [-0.1, -0.05) is 11.6 Å². The van der Waals surface area contributed by atoms with Crippen LogP contribution in [0.1, 0.15) is 5.56 Å². The van der Waals surface area contributed by atoms with Gasteiger partial charge in [-0.2, -0.15) is 0 Å². The Kier molecular flexibility index (Phi) is 5.60. The predicted molar refractivity (Wildman–Crippen MR) is 70.2 cm³/mol. The fourth-order valence-electron chi connectivity index (χ4n) is 1.71. The van der Waals surface area contributed by atoms with Crippen LogP contribution < -0.4 is 0 Å². The van der Waals surface area contributed by atoms with Gasteiger partial charge < -0.3 is 20.4 Å². The van der Waals surface area contributed by atoms with Crippen molar-refractivity contribution in [1.29, 1.82) is 0 Å². The van der Waals surface area contributed by atoms with E-state index in [0.717, 1.165) is 0 Å². The van der Waals surface area contributed by atoms with Gasteiger partial charge in [-0.05, 0) is 12.5 Å². The molecule has 0 heterocycles. The van der Waals surface area contributed by atoms with Gasteiger partial charge >= 0.3 is 11.9 Å². The molecule has 4 N–H and O–H groups in total. The minimum Gasteiger partial charge on any atom is -0.504 e. The monoisotopic (exact) mass is 303 g/mol. The molecule has 0 fully saturated rings. The Morgan fingerprint density at radius 3 is 2.15 bits per heavy atom. The van der Waals surface area contributed by atoms with Crippen LogP contribution in [-0.2, 0) is 16.0 Å². The summed E-state index contributed by atoms with van der Waals surface area (Å²) in [5.41, 5.74) is 0.316. The molecule has 20 heavy (non-hydrogen) atoms. The molecular weight excluding hydrogens is 290 g/mol. The number of hydrogen-bond acceptors (Lipinski definition) is 5. The Morgan fingerprint density at radius 1 is 1.10 bits per heavy atom. The maximum atomic E-state index is 10.6. The molecule has 1 rings (SSSR count). The molecule has 0 amide bonds. The summed E-state index contributed by atoms with van der Waals surface area (Å²) in [6, 6.07) is 2.60. The summed E-state index contributed by atoms with van der Waals surface area (Å²) in [6.07, 6.45) is 0.153. The molecule has 0 bridgehead atoms. The quantitative estimate of drug-likeness (QED) is 0.549. The molecule has 0 aliphatic carbocycles. The third kappa shape index (κ3) is 4.94. The van der Waals surface area contributed by atoms with Crippen molar-refractivity contribution in [3.8, 4) is 11.5 Å². The van der Waals surface area contributed by atoms with E-state index in [2.05, 4.69) is 0 Å². The van der Waals surface area contributed by atoms with Crippen LogP contribution in [0.3, 0.4) is 0 Å². The van der Waals surface area contributed by atoms with Crippen LogP contribution >= 0.6 is 11.6 Å². The van der Waals surface area contributed by atoms with E-state index in [1.54, 1.807) is 0 Å². The normalized spacial score (nSPS) is 10.7. The summed E-state index contributed by atoms with van der Waals surface area (Å²) >= 11 is 5.73. The SMILES string of the molecule is O=C(O)CN(CCc1cc(Cl)cc(O)c1O)CC(=O)O. The van der Waals surface area contributed by atoms with Gasteiger partial charge in [0.2, 0.25) is 0 Å². The highest BCUT2D eigenvalue weighted by Gasteiger charge is 2.15. The van der Waals surface area contributed by atoms with Gasteiger partial charge in [0.25, 0.3) is 0 Å². The summed E-state index contributed by atoms with van der Waals surface area (Å²) in [5, 5.41) is 36.6. The molecule has 0 aliphatic rings. The number of carboxylic acids is 2. The van der Waals surface area contributed by atoms with Crippen molar-refractivity contribution < 1.29 is 30.0 Å². The van der Waals surface area contributed by atoms with E-state index in [4.69, 9.17) is 21.8 Å². The van der Waals surface area contributed by atoms with E-state index in [1.165, 1.54) is 17.0 Å². The number of halogens is 1. The molecular formula is C12H14ClNO6. The minimum atomic E-state index is -1.15. The molecule has 1 aromatic rings. The largest absolute Gasteiger partial charge is 0.504 e. The van der Waals surface area contributed by atoms with E-state index >= 15 is 0 Å². The van der Waals surface area contributed by atoms with Crippen molar-refractivity contribution in [2.75, 3.05) is 19.6 Å². The number of hydrogen-bond donors (Lipinski definition) is 4. The molecule has 110 valence electrons. The predicted octanol–water partition coefficient (Wildman–Crippen LogP) is 0.765. The topological polar surface area (TPSA) is 118 Å². The molecule has 0 aromatic heterocycles. The summed E-state index contributed by atoms with van der Waals surface area (Å²) in [7, 11) is 0. The lowest BCUT2D eigenvalue weighted by atomic mass is 10.1. The number of phenols is 2. The van der Waals surface area contributed by atoms with Gasteiger partial charge in [0.05, 0.1) is 13.1 Å². The van der Waals surface area contributed by atoms with Gasteiger partial charge in [0, 0.05) is 23.2 Å². The Balaban J connectivity index is 2.76. The first-order valence-corrected chi connectivity index (χ1v) is 6.03. The van der Waals surface area contributed by atoms with Gasteiger partial charge in [-0.25, -0.2) is 0 Å². The lowest BCUT2D eigenvalue weighted by molar-refractivity contribution is -0.141. The first-order chi connectivity index (χ1) is 9.29. The van der Waals surface area contributed by atoms with E-state index in [9.17, 15) is 19.8 Å². The Bertz CT molecular complexity index is 503. The van der Waals surface area contributed by atoms with Gasteiger partial charge in [0.15, 0.2) is 11.5 Å². The zero-order chi connectivity index (χ0) is 15.3. The smallest absolute Gasteiger partial charge is 0.317 e. The van der Waals surface area contributed by atoms with E-state index in [1.807, 2.05) is 0 Å². The molecule has 0 unspecified atom stereocenters. The summed E-state index contributed by atoms with van der Waals surface area (Å²) < 4.78 is 0. The molecule has 0 aliphatic heterocycles. The Morgan fingerprint density at radius 2 is 1.65 bits per heavy atom. The second-order valence-electron chi connectivity index (χ2n) is 4.18. The van der Waals surface area contributed by atoms with Crippen LogP contribution in [0.15, 0.2) is 12.1 Å². The van der Waals surface area contributed by atoms with Crippen molar-refractivity contribution in [2.24, 2.45) is 0 Å². The lowest BCUT2D eigenvalue weighted by Gasteiger charge is -2.18. The van der Waals surface area contributed by atoms with Crippen molar-refractivity contribution >= 4 is 23.5 Å². The zero-order valence-corrected chi connectivity index (χ0v) is 11.2. The molecule has 0 atom stereocenters. The highest BCUT2D eigenvalue weighted by atomic mass is 35.5. The highest BCUT2D eigenvalue weighted by Crippen LogP contribution is 2.32. The van der Waals surface area contributed by atoms with Crippen molar-refractivity contribution in [1.82, 2.24) is 4.90 Å². The molecule has 1 aromatic carbocycles. The van der Waals surface area contributed by atoms with E-state index in [0.29, 0.717) is 5.56 Å². The number of benzene rings is 1. The van der Waals surface area contributed by atoms with Crippen molar-refractivity contribution in [2.45, 2.75) is 6.42 Å². The third-order valence-corrected chi connectivity index (χ3v) is 2.77. The van der Waals surface area contributed by atoms with E-state index < -0.39 is 25.0 Å². The number of phenolic OH excluding ortho intramolecular Hbond substituents is 2. The van der Waals surface area contributed by atoms with Crippen LogP contribution in [0.2, 0.25) is 5.02 Å². The Labute approximate surface area is 119 Å². The van der Waals surface area contributed by atoms with Crippen LogP contribution in [0.4, 0.5) is 0 Å². The first kappa shape index (κ1) is 16.1. The number of rotatable bonds is 7. The molecule has 7 nitrogen and oxygen atoms in total. The fourth-order valence-corrected chi connectivity index (χ4v) is 1.94. The lowest BCUT2D eigenvalue weighted by Crippen LogP contribution is -2.35. The summed E-state index contributed by atoms with van der Waals surface area (Å²) in [4.78, 5) is 22.5. The number of carbonyl (C=O) groups is 2. The van der Waals surface area contributed by atoms with Gasteiger partial charge in [-0.15, -0.1) is 0 Å². The summed E-state index contributed by atoms with van der Waals surface area (Å²) in [5.74, 6) is -3.02. The fraction of sp³-hybridized carbons (Fsp3) is 0.333. The highest BCUT2D eigenvalue weighted by molar-refractivity contribution is 6.30. The number of carboxylic acid groups (broad SMARTS) is 2. The second-order valence-corrected chi connectivity index (χ2v) is 4.62. The minimum absolute atomic E-state index is 0.0892. The molecule has 0 saturated carbocycles. The standard InChI is InChI=1S/C12H14ClNO6/c13-8-3-7(12(20)9(15)4-8)1-2-14(5-10(16)17)6-11(18)19/h3-4,15,20H,1-2,5-6H2,(H,16,17)(H,18,19). The molecule has 8 heteroatoms. The van der Waals surface area contributed by atoms with Crippen LogP contribution in [0.25, 0.3) is 0 Å². The Hall–Kier alpha value is -1.99. The first-order valence-electron chi connectivity index (χ1n) is 5.66. The van der Waals surface area contributed by atoms with Crippen LogP contribution in [-0.4, -0.2) is 56.9 Å². The number of aromatic hydroxyl groups is 2. The van der Waals surface area contributed by atoms with Crippen LogP contribution in [0.5, 0.6) is 11.5 Å². The average molecular weight is 304 g/mol. The maximum absolute atomic E-state index is 10.6. The molecule has 0 spiro atoms. The third-order valence-electron chi connectivity index (χ3n) is 2.55. The van der Waals surface area contributed by atoms with Crippen molar-refractivity contribution in [3.63, 3.8) is 0 Å².